The van der Waals surface area contributed by atoms with E-state index in [1.807, 2.05) is 0 Å². The minimum absolute atomic E-state index is 0.869. The summed E-state index contributed by atoms with van der Waals surface area (Å²) in [5.74, 6) is 0. The molecule has 0 aliphatic rings. The summed E-state index contributed by atoms with van der Waals surface area (Å²) in [6.07, 6.45) is -9.39. The van der Waals surface area contributed by atoms with Crippen molar-refractivity contribution in [2.75, 3.05) is 13.2 Å². The number of hydrogen-bond donors (Lipinski definition) is 14. The Hall–Kier alpha value is -3.16. The molecule has 0 rings (SSSR count). The SMILES string of the molecule is O=C(O)N[C@](O)([C@@](O)(NC(=O)O)[C@](O)(CO)NC(=O)O)[C@](O)(CO)NC(=O)O. The van der Waals surface area contributed by atoms with Gasteiger partial charge in [0.05, 0.1) is 13.2 Å². The van der Waals surface area contributed by atoms with Gasteiger partial charge in [-0.1, -0.05) is 0 Å². The smallest absolute Gasteiger partial charge is 0.407 e. The fourth-order valence-corrected chi connectivity index (χ4v) is 2.14. The number of amides is 4. The van der Waals surface area contributed by atoms with Gasteiger partial charge < -0.3 is 51.1 Å². The summed E-state index contributed by atoms with van der Waals surface area (Å²) in [5.41, 5.74) is -16.7. The van der Waals surface area contributed by atoms with Crippen molar-refractivity contribution in [1.29, 1.82) is 0 Å². The van der Waals surface area contributed by atoms with Crippen LogP contribution in [-0.2, 0) is 0 Å². The summed E-state index contributed by atoms with van der Waals surface area (Å²) in [5, 5.41) is 99.0. The van der Waals surface area contributed by atoms with Crippen molar-refractivity contribution in [2.24, 2.45) is 0 Å². The van der Waals surface area contributed by atoms with Gasteiger partial charge in [0.25, 0.3) is 0 Å². The predicted molar refractivity (Wildman–Crippen MR) is 78.6 cm³/mol. The van der Waals surface area contributed by atoms with Crippen LogP contribution in [0.3, 0.4) is 0 Å². The Morgan fingerprint density at radius 2 is 0.750 bits per heavy atom. The number of aliphatic hydroxyl groups excluding tert-OH is 2. The van der Waals surface area contributed by atoms with E-state index in [1.54, 1.807) is 0 Å². The number of rotatable bonds is 9. The predicted octanol–water partition coefficient (Wildman–Crippen LogP) is -5.20. The minimum Gasteiger partial charge on any atom is -0.465 e. The lowest BCUT2D eigenvalue weighted by Gasteiger charge is -2.54. The van der Waals surface area contributed by atoms with Crippen LogP contribution in [0.2, 0.25) is 0 Å². The van der Waals surface area contributed by atoms with Crippen LogP contribution in [0.4, 0.5) is 19.2 Å². The highest BCUT2D eigenvalue weighted by Crippen LogP contribution is 2.35. The van der Waals surface area contributed by atoms with E-state index < -0.39 is 60.5 Å². The Labute approximate surface area is 153 Å². The van der Waals surface area contributed by atoms with Gasteiger partial charge in [0.15, 0.2) is 0 Å². The zero-order valence-electron chi connectivity index (χ0n) is 13.5. The highest BCUT2D eigenvalue weighted by Gasteiger charge is 2.73. The molecule has 0 fully saturated rings. The molecule has 14 N–H and O–H groups in total. The van der Waals surface area contributed by atoms with Gasteiger partial charge in [-0.3, -0.25) is 21.3 Å². The van der Waals surface area contributed by atoms with Crippen LogP contribution in [0.15, 0.2) is 0 Å². The van der Waals surface area contributed by atoms with E-state index in [1.165, 1.54) is 0 Å². The van der Waals surface area contributed by atoms with Gasteiger partial charge in [-0.25, -0.2) is 19.2 Å². The third-order valence-electron chi connectivity index (χ3n) is 3.38. The third kappa shape index (κ3) is 4.39. The van der Waals surface area contributed by atoms with Crippen molar-refractivity contribution in [3.05, 3.63) is 0 Å². The van der Waals surface area contributed by atoms with Crippen LogP contribution in [0.5, 0.6) is 0 Å². The van der Waals surface area contributed by atoms with E-state index in [-0.39, 0.29) is 0 Å². The summed E-state index contributed by atoms with van der Waals surface area (Å²) in [4.78, 5) is 43.7. The second kappa shape index (κ2) is 8.24. The Balaban J connectivity index is 7.06. The largest absolute Gasteiger partial charge is 0.465 e. The molecule has 0 spiro atoms. The normalized spacial score (nSPS) is 19.5. The van der Waals surface area contributed by atoms with Gasteiger partial charge in [0, 0.05) is 0 Å². The summed E-state index contributed by atoms with van der Waals surface area (Å²) >= 11 is 0. The van der Waals surface area contributed by atoms with E-state index in [2.05, 4.69) is 0 Å². The summed E-state index contributed by atoms with van der Waals surface area (Å²) < 4.78 is 0. The van der Waals surface area contributed by atoms with Gasteiger partial charge in [-0.15, -0.1) is 0 Å². The van der Waals surface area contributed by atoms with Gasteiger partial charge in [-0.2, -0.15) is 0 Å². The number of nitrogens with one attached hydrogen (secondary N) is 4. The second-order valence-electron chi connectivity index (χ2n) is 5.18. The number of hydrogen-bond acceptors (Lipinski definition) is 10. The third-order valence-corrected chi connectivity index (χ3v) is 3.38. The van der Waals surface area contributed by atoms with E-state index in [4.69, 9.17) is 20.4 Å². The number of carboxylic acid groups (broad SMARTS) is 4. The van der Waals surface area contributed by atoms with Crippen molar-refractivity contribution < 1.29 is 70.2 Å². The van der Waals surface area contributed by atoms with E-state index in [0.29, 0.717) is 0 Å². The fraction of sp³-hybridized carbons (Fsp3) is 0.600. The first-order valence-electron chi connectivity index (χ1n) is 6.69. The van der Waals surface area contributed by atoms with Crippen LogP contribution in [0.25, 0.3) is 0 Å². The minimum atomic E-state index is -4.39. The maximum atomic E-state index is 11.0. The summed E-state index contributed by atoms with van der Waals surface area (Å²) in [6, 6.07) is 0. The average Bonchev–Trinajstić information content (AvgIpc) is 2.51. The van der Waals surface area contributed by atoms with Gasteiger partial charge >= 0.3 is 24.4 Å². The van der Waals surface area contributed by atoms with Crippen LogP contribution in [-0.4, -0.2) is 112 Å². The number of carbonyl (C=O) groups is 4. The van der Waals surface area contributed by atoms with Crippen molar-refractivity contribution in [2.45, 2.75) is 22.9 Å². The maximum absolute atomic E-state index is 11.0. The molecule has 4 amide bonds. The topological polar surface area (TPSA) is 319 Å². The molecular weight excluding hydrogens is 400 g/mol. The standard InChI is InChI=1S/C10H18N4O14/c15-1-7(25,11-3(17)18)9(27,13-5(21)22)10(28,14-6(23)24)8(26,2-16)12-4(19)20/h11-16,25-28H,1-2H2,(H,17,18)(H,19,20)(H,21,22)(H,23,24)/t7-,8-,9-,10-/m1/s1. The quantitative estimate of drug-likeness (QED) is 0.156. The molecule has 18 nitrogen and oxygen atoms in total. The molecule has 18 heteroatoms. The molecule has 0 saturated heterocycles. The molecule has 0 heterocycles. The molecular formula is C10H18N4O14. The van der Waals surface area contributed by atoms with Crippen molar-refractivity contribution >= 4 is 24.4 Å². The molecule has 0 unspecified atom stereocenters. The Morgan fingerprint density at radius 3 is 0.893 bits per heavy atom. The van der Waals surface area contributed by atoms with Crippen molar-refractivity contribution in [3.63, 3.8) is 0 Å². The van der Waals surface area contributed by atoms with Crippen LogP contribution in [0.1, 0.15) is 0 Å². The monoisotopic (exact) mass is 418 g/mol. The molecule has 0 aromatic carbocycles. The van der Waals surface area contributed by atoms with E-state index >= 15 is 0 Å². The first kappa shape index (κ1) is 24.8. The lowest BCUT2D eigenvalue weighted by molar-refractivity contribution is -0.336. The van der Waals surface area contributed by atoms with Crippen LogP contribution >= 0.6 is 0 Å². The Bertz CT molecular complexity index is 592. The maximum Gasteiger partial charge on any atom is 0.407 e. The van der Waals surface area contributed by atoms with Gasteiger partial charge in [0.1, 0.15) is 0 Å². The van der Waals surface area contributed by atoms with Gasteiger partial charge in [-0.05, 0) is 0 Å². The molecule has 28 heavy (non-hydrogen) atoms. The van der Waals surface area contributed by atoms with Gasteiger partial charge in [0.2, 0.25) is 22.9 Å². The Kier molecular flexibility index (Phi) is 7.31. The molecule has 162 valence electrons. The first-order chi connectivity index (χ1) is 12.5. The lowest BCUT2D eigenvalue weighted by atomic mass is 9.80. The first-order valence-corrected chi connectivity index (χ1v) is 6.69. The zero-order chi connectivity index (χ0) is 22.6. The van der Waals surface area contributed by atoms with E-state index in [9.17, 15) is 49.8 Å². The fourth-order valence-electron chi connectivity index (χ4n) is 2.14. The molecule has 0 aromatic rings. The average molecular weight is 418 g/mol. The molecule has 0 saturated carbocycles. The van der Waals surface area contributed by atoms with E-state index in [0.717, 1.165) is 21.3 Å². The van der Waals surface area contributed by atoms with Crippen molar-refractivity contribution in [1.82, 2.24) is 21.3 Å². The molecule has 0 aliphatic heterocycles. The second-order valence-corrected chi connectivity index (χ2v) is 5.18. The van der Waals surface area contributed by atoms with Crippen LogP contribution in [0, 0.1) is 0 Å². The highest BCUT2D eigenvalue weighted by molar-refractivity contribution is 5.71. The van der Waals surface area contributed by atoms with Crippen LogP contribution < -0.4 is 21.3 Å². The molecule has 0 bridgehead atoms. The summed E-state index contributed by atoms with van der Waals surface area (Å²) in [7, 11) is 0. The zero-order valence-corrected chi connectivity index (χ0v) is 13.5. The van der Waals surface area contributed by atoms with Crippen molar-refractivity contribution in [3.8, 4) is 0 Å². The molecule has 0 aliphatic carbocycles. The summed E-state index contributed by atoms with van der Waals surface area (Å²) in [6.45, 7) is -3.98. The molecule has 0 aromatic heterocycles. The highest BCUT2D eigenvalue weighted by atomic mass is 16.5. The molecule has 0 radical (unpaired) electrons. The molecule has 4 atom stereocenters. The Morgan fingerprint density at radius 1 is 0.536 bits per heavy atom. The lowest BCUT2D eigenvalue weighted by Crippen LogP contribution is -2.92. The number of aliphatic hydroxyl groups is 6.